The number of halogens is 1. The predicted octanol–water partition coefficient (Wildman–Crippen LogP) is 3.60. The molecule has 0 aliphatic heterocycles. The number of anilines is 1. The maximum atomic E-state index is 12.7. The molecule has 0 saturated heterocycles. The van der Waals surface area contributed by atoms with Crippen molar-refractivity contribution in [3.63, 3.8) is 0 Å². The SMILES string of the molecule is CSc1nnc(SCCNc2ccc(F)cc2)s1. The minimum atomic E-state index is -0.214. The van der Waals surface area contributed by atoms with Crippen molar-refractivity contribution < 1.29 is 4.39 Å². The first kappa shape index (κ1) is 13.6. The Hall–Kier alpha value is -0.790. The third-order valence-electron chi connectivity index (χ3n) is 2.06. The molecule has 0 aliphatic carbocycles. The average Bonchev–Trinajstić information content (AvgIpc) is 2.85. The van der Waals surface area contributed by atoms with Gasteiger partial charge in [-0.15, -0.1) is 10.2 Å². The number of nitrogens with one attached hydrogen (secondary N) is 1. The van der Waals surface area contributed by atoms with Crippen LogP contribution in [0.1, 0.15) is 0 Å². The van der Waals surface area contributed by atoms with E-state index < -0.39 is 0 Å². The topological polar surface area (TPSA) is 37.8 Å². The summed E-state index contributed by atoms with van der Waals surface area (Å²) < 4.78 is 14.7. The Morgan fingerprint density at radius 1 is 1.22 bits per heavy atom. The molecule has 0 unspecified atom stereocenters. The molecule has 0 saturated carbocycles. The highest BCUT2D eigenvalue weighted by molar-refractivity contribution is 8.02. The van der Waals surface area contributed by atoms with Crippen molar-refractivity contribution in [1.29, 1.82) is 0 Å². The molecule has 0 atom stereocenters. The molecule has 2 rings (SSSR count). The van der Waals surface area contributed by atoms with Crippen LogP contribution in [0.15, 0.2) is 32.9 Å². The average molecular weight is 301 g/mol. The summed E-state index contributed by atoms with van der Waals surface area (Å²) in [6.07, 6.45) is 1.99. The Balaban J connectivity index is 1.71. The molecular weight excluding hydrogens is 289 g/mol. The van der Waals surface area contributed by atoms with E-state index in [1.54, 1.807) is 47.0 Å². The van der Waals surface area contributed by atoms with Gasteiger partial charge in [-0.1, -0.05) is 34.9 Å². The second-order valence-electron chi connectivity index (χ2n) is 3.32. The fraction of sp³-hybridized carbons (Fsp3) is 0.273. The Morgan fingerprint density at radius 2 is 1.94 bits per heavy atom. The minimum Gasteiger partial charge on any atom is -0.384 e. The highest BCUT2D eigenvalue weighted by Gasteiger charge is 2.02. The Labute approximate surface area is 118 Å². The Kier molecular flexibility index (Phi) is 5.27. The molecule has 7 heteroatoms. The van der Waals surface area contributed by atoms with Gasteiger partial charge in [-0.25, -0.2) is 4.39 Å². The first-order valence-electron chi connectivity index (χ1n) is 5.27. The van der Waals surface area contributed by atoms with E-state index in [-0.39, 0.29) is 5.82 Å². The standard InChI is InChI=1S/C11H12FN3S3/c1-16-10-14-15-11(18-10)17-7-6-13-9-4-2-8(12)3-5-9/h2-5,13H,6-7H2,1H3. The second-order valence-corrected chi connectivity index (χ2v) is 6.69. The number of benzene rings is 1. The van der Waals surface area contributed by atoms with E-state index in [0.717, 1.165) is 26.7 Å². The lowest BCUT2D eigenvalue weighted by atomic mass is 10.3. The zero-order valence-electron chi connectivity index (χ0n) is 9.72. The van der Waals surface area contributed by atoms with Crippen LogP contribution in [-0.2, 0) is 0 Å². The zero-order chi connectivity index (χ0) is 12.8. The van der Waals surface area contributed by atoms with Crippen molar-refractivity contribution in [3.8, 4) is 0 Å². The molecule has 0 radical (unpaired) electrons. The van der Waals surface area contributed by atoms with E-state index in [1.807, 2.05) is 6.26 Å². The molecule has 0 spiro atoms. The van der Waals surface area contributed by atoms with Crippen molar-refractivity contribution in [2.45, 2.75) is 8.68 Å². The van der Waals surface area contributed by atoms with Crippen LogP contribution < -0.4 is 5.32 Å². The van der Waals surface area contributed by atoms with Crippen LogP contribution in [0.25, 0.3) is 0 Å². The Bertz CT molecular complexity index is 487. The van der Waals surface area contributed by atoms with Gasteiger partial charge in [-0.05, 0) is 30.5 Å². The van der Waals surface area contributed by atoms with Gasteiger partial charge in [0.05, 0.1) is 0 Å². The van der Waals surface area contributed by atoms with E-state index in [2.05, 4.69) is 15.5 Å². The number of rotatable bonds is 6. The number of thioether (sulfide) groups is 2. The van der Waals surface area contributed by atoms with Gasteiger partial charge >= 0.3 is 0 Å². The van der Waals surface area contributed by atoms with E-state index >= 15 is 0 Å². The van der Waals surface area contributed by atoms with Crippen molar-refractivity contribution in [2.24, 2.45) is 0 Å². The molecule has 96 valence electrons. The normalized spacial score (nSPS) is 10.6. The molecule has 0 aliphatic rings. The lowest BCUT2D eigenvalue weighted by Crippen LogP contribution is -2.03. The number of hydrogen-bond donors (Lipinski definition) is 1. The summed E-state index contributed by atoms with van der Waals surface area (Å²) in [4.78, 5) is 0. The van der Waals surface area contributed by atoms with Gasteiger partial charge in [0.1, 0.15) is 5.82 Å². The van der Waals surface area contributed by atoms with Crippen molar-refractivity contribution >= 4 is 40.5 Å². The highest BCUT2D eigenvalue weighted by Crippen LogP contribution is 2.27. The summed E-state index contributed by atoms with van der Waals surface area (Å²) in [5, 5.41) is 11.3. The molecule has 1 N–H and O–H groups in total. The molecule has 18 heavy (non-hydrogen) atoms. The highest BCUT2D eigenvalue weighted by atomic mass is 32.2. The molecule has 3 nitrogen and oxygen atoms in total. The lowest BCUT2D eigenvalue weighted by Gasteiger charge is -2.04. The maximum absolute atomic E-state index is 12.7. The first-order chi connectivity index (χ1) is 8.78. The molecule has 0 fully saturated rings. The third-order valence-corrected chi connectivity index (χ3v) is 5.10. The Morgan fingerprint density at radius 3 is 2.61 bits per heavy atom. The van der Waals surface area contributed by atoms with Crippen LogP contribution in [0.5, 0.6) is 0 Å². The third kappa shape index (κ3) is 4.15. The van der Waals surface area contributed by atoms with Crippen LogP contribution in [0.4, 0.5) is 10.1 Å². The second kappa shape index (κ2) is 6.96. The largest absolute Gasteiger partial charge is 0.384 e. The monoisotopic (exact) mass is 301 g/mol. The maximum Gasteiger partial charge on any atom is 0.175 e. The summed E-state index contributed by atoms with van der Waals surface area (Å²) in [5.41, 5.74) is 0.930. The molecule has 1 aromatic carbocycles. The summed E-state index contributed by atoms with van der Waals surface area (Å²) >= 11 is 4.89. The van der Waals surface area contributed by atoms with E-state index in [1.165, 1.54) is 12.1 Å². The van der Waals surface area contributed by atoms with Crippen LogP contribution in [0.2, 0.25) is 0 Å². The molecule has 0 amide bonds. The van der Waals surface area contributed by atoms with Gasteiger partial charge in [0, 0.05) is 18.0 Å². The van der Waals surface area contributed by atoms with Crippen molar-refractivity contribution in [3.05, 3.63) is 30.1 Å². The van der Waals surface area contributed by atoms with Gasteiger partial charge in [-0.3, -0.25) is 0 Å². The van der Waals surface area contributed by atoms with Gasteiger partial charge in [0.25, 0.3) is 0 Å². The fourth-order valence-corrected chi connectivity index (χ4v) is 3.60. The van der Waals surface area contributed by atoms with Crippen molar-refractivity contribution in [2.75, 3.05) is 23.9 Å². The molecule has 1 aromatic heterocycles. The smallest absolute Gasteiger partial charge is 0.175 e. The van der Waals surface area contributed by atoms with E-state index in [0.29, 0.717) is 0 Å². The molecule has 2 aromatic rings. The molecule has 1 heterocycles. The number of hydrogen-bond acceptors (Lipinski definition) is 6. The van der Waals surface area contributed by atoms with E-state index in [4.69, 9.17) is 0 Å². The predicted molar refractivity (Wildman–Crippen MR) is 77.3 cm³/mol. The zero-order valence-corrected chi connectivity index (χ0v) is 12.2. The first-order valence-corrected chi connectivity index (χ1v) is 8.30. The van der Waals surface area contributed by atoms with Gasteiger partial charge in [0.2, 0.25) is 0 Å². The minimum absolute atomic E-state index is 0.214. The van der Waals surface area contributed by atoms with Crippen molar-refractivity contribution in [1.82, 2.24) is 10.2 Å². The van der Waals surface area contributed by atoms with E-state index in [9.17, 15) is 4.39 Å². The summed E-state index contributed by atoms with van der Waals surface area (Å²) in [7, 11) is 0. The van der Waals surface area contributed by atoms with Gasteiger partial charge < -0.3 is 5.32 Å². The number of nitrogens with zero attached hydrogens (tertiary/aromatic N) is 2. The molecular formula is C11H12FN3S3. The summed E-state index contributed by atoms with van der Waals surface area (Å²) in [6, 6.07) is 6.36. The van der Waals surface area contributed by atoms with Gasteiger partial charge in [-0.2, -0.15) is 0 Å². The quantitative estimate of drug-likeness (QED) is 0.652. The van der Waals surface area contributed by atoms with Crippen LogP contribution in [0.3, 0.4) is 0 Å². The summed E-state index contributed by atoms with van der Waals surface area (Å²) in [5.74, 6) is 0.689. The van der Waals surface area contributed by atoms with Crippen LogP contribution >= 0.6 is 34.9 Å². The van der Waals surface area contributed by atoms with Crippen LogP contribution in [0, 0.1) is 5.82 Å². The lowest BCUT2D eigenvalue weighted by molar-refractivity contribution is 0.628. The summed E-state index contributed by atoms with van der Waals surface area (Å²) in [6.45, 7) is 0.810. The fourth-order valence-electron chi connectivity index (χ4n) is 1.24. The van der Waals surface area contributed by atoms with Crippen LogP contribution in [-0.4, -0.2) is 28.8 Å². The number of aromatic nitrogens is 2. The van der Waals surface area contributed by atoms with Gasteiger partial charge in [0.15, 0.2) is 8.68 Å². The molecule has 0 bridgehead atoms.